The van der Waals surface area contributed by atoms with Gasteiger partial charge in [-0.2, -0.15) is 5.10 Å². The van der Waals surface area contributed by atoms with Crippen LogP contribution >= 0.6 is 0 Å². The molecule has 1 aromatic rings. The van der Waals surface area contributed by atoms with Crippen LogP contribution in [-0.2, 0) is 18.3 Å². The van der Waals surface area contributed by atoms with Gasteiger partial charge < -0.3 is 5.11 Å². The van der Waals surface area contributed by atoms with Crippen molar-refractivity contribution < 1.29 is 18.7 Å². The van der Waals surface area contributed by atoms with E-state index < -0.39 is 17.8 Å². The molecule has 88 valence electrons. The normalized spacial score (nSPS) is 17.8. The van der Waals surface area contributed by atoms with Crippen molar-refractivity contribution in [2.45, 2.75) is 25.7 Å². The highest BCUT2D eigenvalue weighted by atomic mass is 19.3. The summed E-state index contributed by atoms with van der Waals surface area (Å²) in [6.45, 7) is 0. The molecule has 0 atom stereocenters. The third kappa shape index (κ3) is 1.79. The van der Waals surface area contributed by atoms with Gasteiger partial charge in [-0.25, -0.2) is 8.78 Å². The van der Waals surface area contributed by atoms with Crippen molar-refractivity contribution in [3.8, 4) is 0 Å². The maximum absolute atomic E-state index is 12.6. The summed E-state index contributed by atoms with van der Waals surface area (Å²) < 4.78 is 26.5. The second kappa shape index (κ2) is 3.54. The van der Waals surface area contributed by atoms with Gasteiger partial charge in [-0.1, -0.05) is 0 Å². The van der Waals surface area contributed by atoms with Gasteiger partial charge in [-0.05, 0) is 19.3 Å². The van der Waals surface area contributed by atoms with Crippen LogP contribution < -0.4 is 0 Å². The fourth-order valence-electron chi connectivity index (χ4n) is 1.86. The topological polar surface area (TPSA) is 55.1 Å². The van der Waals surface area contributed by atoms with E-state index in [2.05, 4.69) is 5.10 Å². The summed E-state index contributed by atoms with van der Waals surface area (Å²) in [4.78, 5) is 11.0. The molecule has 1 aromatic heterocycles. The number of hydrogen-bond donors (Lipinski definition) is 1. The Kier molecular flexibility index (Phi) is 2.44. The Morgan fingerprint density at radius 1 is 1.69 bits per heavy atom. The van der Waals surface area contributed by atoms with Gasteiger partial charge in [0.15, 0.2) is 0 Å². The zero-order valence-electron chi connectivity index (χ0n) is 8.78. The lowest BCUT2D eigenvalue weighted by Crippen LogP contribution is -2.18. The van der Waals surface area contributed by atoms with Crippen molar-refractivity contribution in [3.63, 3.8) is 0 Å². The summed E-state index contributed by atoms with van der Waals surface area (Å²) in [6.07, 6.45) is 0.0842. The van der Waals surface area contributed by atoms with E-state index in [1.165, 1.54) is 10.9 Å². The fraction of sp³-hybridized carbons (Fsp3) is 0.600. The Labute approximate surface area is 90.9 Å². The molecule has 0 unspecified atom stereocenters. The van der Waals surface area contributed by atoms with Crippen LogP contribution in [-0.4, -0.2) is 20.9 Å². The Balaban J connectivity index is 2.24. The van der Waals surface area contributed by atoms with Gasteiger partial charge in [0.05, 0.1) is 5.41 Å². The smallest absolute Gasteiger partial charge is 0.309 e. The van der Waals surface area contributed by atoms with Gasteiger partial charge >= 0.3 is 5.97 Å². The molecule has 1 fully saturated rings. The van der Waals surface area contributed by atoms with E-state index in [0.717, 1.165) is 0 Å². The van der Waals surface area contributed by atoms with Crippen molar-refractivity contribution in [2.24, 2.45) is 12.5 Å². The van der Waals surface area contributed by atoms with E-state index >= 15 is 0 Å². The van der Waals surface area contributed by atoms with Crippen molar-refractivity contribution in [3.05, 3.63) is 17.5 Å². The number of aliphatic carboxylic acids is 1. The van der Waals surface area contributed by atoms with Crippen molar-refractivity contribution in [2.75, 3.05) is 0 Å². The molecule has 1 N–H and O–H groups in total. The van der Waals surface area contributed by atoms with Crippen LogP contribution in [0.15, 0.2) is 6.20 Å². The molecule has 1 aliphatic carbocycles. The Morgan fingerprint density at radius 3 is 2.75 bits per heavy atom. The first kappa shape index (κ1) is 11.0. The minimum atomic E-state index is -2.65. The quantitative estimate of drug-likeness (QED) is 0.857. The molecule has 2 rings (SSSR count). The molecule has 0 radical (unpaired) electrons. The number of aryl methyl sites for hydroxylation is 1. The number of carboxylic acids is 1. The van der Waals surface area contributed by atoms with E-state index in [-0.39, 0.29) is 12.1 Å². The summed E-state index contributed by atoms with van der Waals surface area (Å²) in [6, 6.07) is 0. The molecule has 0 amide bonds. The molecule has 1 aliphatic rings. The number of aromatic nitrogens is 2. The highest BCUT2D eigenvalue weighted by Crippen LogP contribution is 2.49. The Morgan fingerprint density at radius 2 is 2.31 bits per heavy atom. The monoisotopic (exact) mass is 230 g/mol. The average Bonchev–Trinajstić information content (AvgIpc) is 2.85. The zero-order valence-corrected chi connectivity index (χ0v) is 8.78. The molecule has 0 saturated heterocycles. The van der Waals surface area contributed by atoms with E-state index in [1.54, 1.807) is 7.05 Å². The summed E-state index contributed by atoms with van der Waals surface area (Å²) in [7, 11) is 1.55. The third-order valence-corrected chi connectivity index (χ3v) is 2.98. The van der Waals surface area contributed by atoms with Gasteiger partial charge in [-0.15, -0.1) is 0 Å². The van der Waals surface area contributed by atoms with Crippen LogP contribution in [0.2, 0.25) is 0 Å². The number of carboxylic acid groups (broad SMARTS) is 1. The van der Waals surface area contributed by atoms with Gasteiger partial charge in [0.2, 0.25) is 0 Å². The molecule has 0 aliphatic heterocycles. The second-order valence-electron chi connectivity index (χ2n) is 4.28. The number of halogens is 2. The van der Waals surface area contributed by atoms with Crippen LogP contribution in [0, 0.1) is 5.41 Å². The lowest BCUT2D eigenvalue weighted by atomic mass is 9.97. The largest absolute Gasteiger partial charge is 0.481 e. The molecule has 0 spiro atoms. The minimum Gasteiger partial charge on any atom is -0.481 e. The predicted octanol–water partition coefficient (Wildman–Crippen LogP) is 1.76. The zero-order chi connectivity index (χ0) is 11.9. The number of nitrogens with zero attached hydrogens (tertiary/aromatic N) is 2. The third-order valence-electron chi connectivity index (χ3n) is 2.98. The first-order valence-corrected chi connectivity index (χ1v) is 4.98. The lowest BCUT2D eigenvalue weighted by molar-refractivity contribution is -0.143. The highest BCUT2D eigenvalue weighted by Gasteiger charge is 2.50. The van der Waals surface area contributed by atoms with Crippen molar-refractivity contribution in [1.29, 1.82) is 0 Å². The standard InChI is InChI=1S/C10H12F2N2O2/c1-14-5-6(7(13-14)8(11)12)4-10(2-3-10)9(15)16/h5,8H,2-4H2,1H3,(H,15,16). The van der Waals surface area contributed by atoms with E-state index in [4.69, 9.17) is 5.11 Å². The van der Waals surface area contributed by atoms with E-state index in [0.29, 0.717) is 18.4 Å². The Hall–Kier alpha value is -1.46. The molecule has 6 heteroatoms. The second-order valence-corrected chi connectivity index (χ2v) is 4.28. The van der Waals surface area contributed by atoms with E-state index in [1.807, 2.05) is 0 Å². The summed E-state index contributed by atoms with van der Waals surface area (Å²) in [5.74, 6) is -0.906. The molecular weight excluding hydrogens is 218 g/mol. The van der Waals surface area contributed by atoms with Gasteiger partial charge in [0, 0.05) is 18.8 Å². The van der Waals surface area contributed by atoms with Crippen LogP contribution in [0.25, 0.3) is 0 Å². The minimum absolute atomic E-state index is 0.149. The van der Waals surface area contributed by atoms with Crippen LogP contribution in [0.3, 0.4) is 0 Å². The average molecular weight is 230 g/mol. The molecular formula is C10H12F2N2O2. The van der Waals surface area contributed by atoms with Crippen LogP contribution in [0.1, 0.15) is 30.5 Å². The van der Waals surface area contributed by atoms with Crippen molar-refractivity contribution >= 4 is 5.97 Å². The number of hydrogen-bond acceptors (Lipinski definition) is 2. The highest BCUT2D eigenvalue weighted by molar-refractivity contribution is 5.78. The molecule has 16 heavy (non-hydrogen) atoms. The first-order valence-electron chi connectivity index (χ1n) is 4.98. The van der Waals surface area contributed by atoms with E-state index in [9.17, 15) is 13.6 Å². The molecule has 1 saturated carbocycles. The summed E-state index contributed by atoms with van der Waals surface area (Å²) in [5, 5.41) is 12.6. The van der Waals surface area contributed by atoms with Crippen molar-refractivity contribution in [1.82, 2.24) is 9.78 Å². The summed E-state index contributed by atoms with van der Waals surface area (Å²) >= 11 is 0. The van der Waals surface area contributed by atoms with Crippen LogP contribution in [0.4, 0.5) is 8.78 Å². The molecule has 0 bridgehead atoms. The summed E-state index contributed by atoms with van der Waals surface area (Å²) in [5.41, 5.74) is -0.778. The first-order chi connectivity index (χ1) is 7.44. The predicted molar refractivity (Wildman–Crippen MR) is 51.2 cm³/mol. The van der Waals surface area contributed by atoms with Crippen LogP contribution in [0.5, 0.6) is 0 Å². The maximum atomic E-state index is 12.6. The number of carbonyl (C=O) groups is 1. The lowest BCUT2D eigenvalue weighted by Gasteiger charge is -2.08. The molecule has 1 heterocycles. The number of rotatable bonds is 4. The maximum Gasteiger partial charge on any atom is 0.309 e. The number of alkyl halides is 2. The SMILES string of the molecule is Cn1cc(CC2(C(=O)O)CC2)c(C(F)F)n1. The molecule has 0 aromatic carbocycles. The van der Waals surface area contributed by atoms with Gasteiger partial charge in [-0.3, -0.25) is 9.48 Å². The van der Waals surface area contributed by atoms with Gasteiger partial charge in [0.1, 0.15) is 5.69 Å². The Bertz CT molecular complexity index is 424. The fourth-order valence-corrected chi connectivity index (χ4v) is 1.86. The molecule has 4 nitrogen and oxygen atoms in total. The van der Waals surface area contributed by atoms with Gasteiger partial charge in [0.25, 0.3) is 6.43 Å².